The molecule has 3 heteroatoms. The number of nitrogens with one attached hydrogen (secondary N) is 1. The maximum absolute atomic E-state index is 9.82. The average Bonchev–Trinajstić information content (AvgIpc) is 2.30. The van der Waals surface area contributed by atoms with E-state index in [4.69, 9.17) is 5.73 Å². The van der Waals surface area contributed by atoms with Crippen LogP contribution in [0, 0.1) is 0 Å². The second-order valence-electron chi connectivity index (χ2n) is 4.54. The highest BCUT2D eigenvalue weighted by Crippen LogP contribution is 2.19. The Morgan fingerprint density at radius 3 is 2.75 bits per heavy atom. The predicted octanol–water partition coefficient (Wildman–Crippen LogP) is 1.66. The van der Waals surface area contributed by atoms with Crippen LogP contribution in [0.1, 0.15) is 31.2 Å². The Morgan fingerprint density at radius 2 is 2.00 bits per heavy atom. The summed E-state index contributed by atoms with van der Waals surface area (Å²) < 4.78 is 0. The van der Waals surface area contributed by atoms with Gasteiger partial charge >= 0.3 is 0 Å². The molecule has 0 aliphatic heterocycles. The number of rotatable bonds is 3. The minimum atomic E-state index is -0.196. The van der Waals surface area contributed by atoms with Crippen LogP contribution in [-0.4, -0.2) is 17.3 Å². The van der Waals surface area contributed by atoms with Gasteiger partial charge in [0, 0.05) is 18.3 Å². The molecule has 2 atom stereocenters. The first-order valence-electron chi connectivity index (χ1n) is 6.02. The molecule has 2 rings (SSSR count). The van der Waals surface area contributed by atoms with Crippen molar-refractivity contribution in [1.82, 2.24) is 5.32 Å². The third-order valence-electron chi connectivity index (χ3n) is 3.34. The number of para-hydroxylation sites is 1. The molecule has 0 amide bonds. The van der Waals surface area contributed by atoms with E-state index in [1.165, 1.54) is 6.42 Å². The van der Waals surface area contributed by atoms with E-state index >= 15 is 0 Å². The van der Waals surface area contributed by atoms with E-state index in [-0.39, 0.29) is 12.1 Å². The van der Waals surface area contributed by atoms with Crippen LogP contribution in [0.4, 0.5) is 5.69 Å². The van der Waals surface area contributed by atoms with Gasteiger partial charge in [-0.15, -0.1) is 0 Å². The zero-order valence-electron chi connectivity index (χ0n) is 9.52. The molecule has 1 aromatic rings. The zero-order valence-corrected chi connectivity index (χ0v) is 9.52. The van der Waals surface area contributed by atoms with E-state index in [1.807, 2.05) is 24.3 Å². The maximum Gasteiger partial charge on any atom is 0.0693 e. The van der Waals surface area contributed by atoms with Crippen LogP contribution in [0.2, 0.25) is 0 Å². The van der Waals surface area contributed by atoms with Crippen LogP contribution in [0.3, 0.4) is 0 Å². The number of hydrogen-bond acceptors (Lipinski definition) is 3. The van der Waals surface area contributed by atoms with Gasteiger partial charge in [0.1, 0.15) is 0 Å². The van der Waals surface area contributed by atoms with Gasteiger partial charge < -0.3 is 16.2 Å². The molecule has 16 heavy (non-hydrogen) atoms. The number of aliphatic hydroxyl groups excluding tert-OH is 1. The first-order chi connectivity index (χ1) is 7.77. The molecule has 4 N–H and O–H groups in total. The molecule has 1 aliphatic carbocycles. The van der Waals surface area contributed by atoms with E-state index in [0.29, 0.717) is 0 Å². The second kappa shape index (κ2) is 5.32. The normalized spacial score (nSPS) is 25.6. The van der Waals surface area contributed by atoms with Crippen LogP contribution in [0.15, 0.2) is 24.3 Å². The molecule has 1 fully saturated rings. The smallest absolute Gasteiger partial charge is 0.0693 e. The molecule has 1 aromatic carbocycles. The molecule has 0 radical (unpaired) electrons. The molecular formula is C13H20N2O. The van der Waals surface area contributed by atoms with Gasteiger partial charge in [-0.1, -0.05) is 31.0 Å². The summed E-state index contributed by atoms with van der Waals surface area (Å²) in [4.78, 5) is 0. The molecule has 0 heterocycles. The van der Waals surface area contributed by atoms with Crippen LogP contribution in [0.5, 0.6) is 0 Å². The maximum atomic E-state index is 9.82. The summed E-state index contributed by atoms with van der Waals surface area (Å²) >= 11 is 0. The number of hydrogen-bond donors (Lipinski definition) is 3. The molecule has 88 valence electrons. The molecule has 0 spiro atoms. The van der Waals surface area contributed by atoms with Crippen molar-refractivity contribution >= 4 is 5.69 Å². The van der Waals surface area contributed by atoms with Gasteiger partial charge in [0.25, 0.3) is 0 Å². The second-order valence-corrected chi connectivity index (χ2v) is 4.54. The van der Waals surface area contributed by atoms with E-state index < -0.39 is 0 Å². The first-order valence-corrected chi connectivity index (χ1v) is 6.02. The summed E-state index contributed by atoms with van der Waals surface area (Å²) in [6.07, 6.45) is 4.14. The zero-order chi connectivity index (χ0) is 11.4. The first kappa shape index (κ1) is 11.4. The van der Waals surface area contributed by atoms with Crippen LogP contribution >= 0.6 is 0 Å². The Hall–Kier alpha value is -1.06. The number of nitrogens with two attached hydrogens (primary N) is 1. The van der Waals surface area contributed by atoms with Crippen molar-refractivity contribution in [3.05, 3.63) is 29.8 Å². The van der Waals surface area contributed by atoms with Crippen molar-refractivity contribution in [2.45, 2.75) is 44.4 Å². The van der Waals surface area contributed by atoms with Gasteiger partial charge in [0.05, 0.1) is 6.10 Å². The Balaban J connectivity index is 1.89. The van der Waals surface area contributed by atoms with Gasteiger partial charge in [0.2, 0.25) is 0 Å². The lowest BCUT2D eigenvalue weighted by atomic mass is 9.92. The van der Waals surface area contributed by atoms with Crippen molar-refractivity contribution in [3.8, 4) is 0 Å². The number of benzene rings is 1. The summed E-state index contributed by atoms with van der Waals surface area (Å²) in [5, 5.41) is 13.2. The quantitative estimate of drug-likeness (QED) is 0.679. The van der Waals surface area contributed by atoms with E-state index in [2.05, 4.69) is 5.32 Å². The Kier molecular flexibility index (Phi) is 3.80. The largest absolute Gasteiger partial charge is 0.398 e. The minimum Gasteiger partial charge on any atom is -0.398 e. The highest BCUT2D eigenvalue weighted by atomic mass is 16.3. The van der Waals surface area contributed by atoms with Crippen molar-refractivity contribution in [3.63, 3.8) is 0 Å². The average molecular weight is 220 g/mol. The fourth-order valence-electron chi connectivity index (χ4n) is 2.29. The summed E-state index contributed by atoms with van der Waals surface area (Å²) in [7, 11) is 0. The van der Waals surface area contributed by atoms with E-state index in [0.717, 1.165) is 37.1 Å². The van der Waals surface area contributed by atoms with Crippen molar-refractivity contribution < 1.29 is 5.11 Å². The molecular weight excluding hydrogens is 200 g/mol. The standard InChI is InChI=1S/C13H20N2O/c14-11-6-2-1-5-10(11)9-15-12-7-3-4-8-13(12)16/h1-2,5-6,12-13,15-16H,3-4,7-9,14H2. The van der Waals surface area contributed by atoms with Crippen LogP contribution in [-0.2, 0) is 6.54 Å². The third kappa shape index (κ3) is 2.74. The Bertz CT molecular complexity index is 340. The highest BCUT2D eigenvalue weighted by molar-refractivity contribution is 5.46. The van der Waals surface area contributed by atoms with E-state index in [1.54, 1.807) is 0 Å². The minimum absolute atomic E-state index is 0.196. The predicted molar refractivity (Wildman–Crippen MR) is 66.0 cm³/mol. The van der Waals surface area contributed by atoms with Gasteiger partial charge in [-0.2, -0.15) is 0 Å². The molecule has 1 aliphatic rings. The molecule has 0 saturated heterocycles. The fourth-order valence-corrected chi connectivity index (χ4v) is 2.29. The van der Waals surface area contributed by atoms with Crippen LogP contribution in [0.25, 0.3) is 0 Å². The third-order valence-corrected chi connectivity index (χ3v) is 3.34. The number of anilines is 1. The molecule has 3 nitrogen and oxygen atoms in total. The summed E-state index contributed by atoms with van der Waals surface area (Å²) in [6, 6.07) is 8.10. The van der Waals surface area contributed by atoms with Crippen molar-refractivity contribution in [2.24, 2.45) is 0 Å². The molecule has 1 saturated carbocycles. The lowest BCUT2D eigenvalue weighted by molar-refractivity contribution is 0.0903. The number of nitrogen functional groups attached to an aromatic ring is 1. The monoisotopic (exact) mass is 220 g/mol. The van der Waals surface area contributed by atoms with Crippen molar-refractivity contribution in [1.29, 1.82) is 0 Å². The Morgan fingerprint density at radius 1 is 1.25 bits per heavy atom. The summed E-state index contributed by atoms with van der Waals surface area (Å²) in [5.41, 5.74) is 7.80. The lowest BCUT2D eigenvalue weighted by Gasteiger charge is -2.28. The van der Waals surface area contributed by atoms with Gasteiger partial charge in [0.15, 0.2) is 0 Å². The summed E-state index contributed by atoms with van der Waals surface area (Å²) in [6.45, 7) is 0.744. The van der Waals surface area contributed by atoms with Crippen molar-refractivity contribution in [2.75, 3.05) is 5.73 Å². The SMILES string of the molecule is Nc1ccccc1CNC1CCCCC1O. The highest BCUT2D eigenvalue weighted by Gasteiger charge is 2.22. The fraction of sp³-hybridized carbons (Fsp3) is 0.538. The molecule has 0 bridgehead atoms. The molecule has 0 aromatic heterocycles. The number of aliphatic hydroxyl groups is 1. The Labute approximate surface area is 96.7 Å². The van der Waals surface area contributed by atoms with Gasteiger partial charge in [-0.25, -0.2) is 0 Å². The van der Waals surface area contributed by atoms with Gasteiger partial charge in [-0.05, 0) is 24.5 Å². The molecule has 2 unspecified atom stereocenters. The van der Waals surface area contributed by atoms with Crippen LogP contribution < -0.4 is 11.1 Å². The summed E-state index contributed by atoms with van der Waals surface area (Å²) in [5.74, 6) is 0. The topological polar surface area (TPSA) is 58.3 Å². The van der Waals surface area contributed by atoms with Gasteiger partial charge in [-0.3, -0.25) is 0 Å². The van der Waals surface area contributed by atoms with E-state index in [9.17, 15) is 5.11 Å². The lowest BCUT2D eigenvalue weighted by Crippen LogP contribution is -2.41.